The van der Waals surface area contributed by atoms with Crippen molar-refractivity contribution in [1.82, 2.24) is 16.0 Å². The molecule has 0 radical (unpaired) electrons. The van der Waals surface area contributed by atoms with E-state index in [9.17, 15) is 45.0 Å². The first-order valence-electron chi connectivity index (χ1n) is 42.7. The summed E-state index contributed by atoms with van der Waals surface area (Å²) in [6.07, 6.45) is 68.0. The van der Waals surface area contributed by atoms with Crippen molar-refractivity contribution >= 4 is 25.5 Å². The molecule has 0 rings (SSSR count). The molecule has 19 nitrogen and oxygen atoms in total. The normalized spacial score (nSPS) is 13.5. The largest absolute Gasteiger partial charge is 0.822 e. The fraction of sp³-hybridized carbons (Fsp3) is 0.893. The van der Waals surface area contributed by atoms with E-state index < -0.39 is 25.6 Å². The molecule has 0 aliphatic heterocycles. The van der Waals surface area contributed by atoms with E-state index >= 15 is 0 Å². The Morgan fingerprint density at radius 2 is 0.442 bits per heavy atom. The Balaban J connectivity index is -0.000000696. The van der Waals surface area contributed by atoms with E-state index in [1.165, 1.54) is 231 Å². The first-order valence-corrected chi connectivity index (χ1v) is 44.1. The molecule has 0 saturated heterocycles. The number of carbonyl (C=O) groups excluding carboxylic acids is 3. The number of nitrogens with zero attached hydrogens (tertiary/aromatic N) is 3. The van der Waals surface area contributed by atoms with Crippen LogP contribution >= 0.6 is 7.82 Å². The van der Waals surface area contributed by atoms with E-state index in [-0.39, 0.29) is 37.0 Å². The quantitative estimate of drug-likeness (QED) is 0.00901. The van der Waals surface area contributed by atoms with Crippen LogP contribution in [0.3, 0.4) is 0 Å². The highest BCUT2D eigenvalue weighted by atomic mass is 31.2. The second-order valence-electron chi connectivity index (χ2n) is 31.5. The number of hydrogen-bond donors (Lipinski definition) is 9. The second kappa shape index (κ2) is 72.0. The number of aliphatic hydroxyl groups is 6. The van der Waals surface area contributed by atoms with Crippen LogP contribution in [0.25, 0.3) is 0 Å². The van der Waals surface area contributed by atoms with Crippen LogP contribution < -0.4 is 30.6 Å². The number of hydrogen-bond acceptors (Lipinski definition) is 13. The maximum atomic E-state index is 12.1. The third kappa shape index (κ3) is 81.9. The predicted octanol–water partition coefficient (Wildman–Crippen LogP) is 16.5. The maximum absolute atomic E-state index is 12.1. The topological polar surface area (TPSA) is 295 Å². The molecule has 0 aliphatic rings. The first kappa shape index (κ1) is 108. The lowest BCUT2D eigenvalue weighted by atomic mass is 10.0. The van der Waals surface area contributed by atoms with Gasteiger partial charge in [0.15, 0.2) is 0 Å². The van der Waals surface area contributed by atoms with Crippen LogP contribution in [0.2, 0.25) is 0 Å². The molecule has 9 N–H and O–H groups in total. The number of nitrogens with one attached hydrogen (secondary N) is 3. The first-order chi connectivity index (χ1) is 49.3. The lowest BCUT2D eigenvalue weighted by Gasteiger charge is -2.36. The third-order valence-electron chi connectivity index (χ3n) is 20.0. The zero-order chi connectivity index (χ0) is 79.0. The number of amides is 3. The van der Waals surface area contributed by atoms with Gasteiger partial charge in [0.25, 0.3) is 17.7 Å². The number of phosphoric acid groups is 1. The molecule has 0 aromatic carbocycles. The smallest absolute Gasteiger partial charge is 0.251 e. The average Bonchev–Trinajstić information content (AvgIpc) is 0.886. The van der Waals surface area contributed by atoms with Crippen LogP contribution in [0.4, 0.5) is 0 Å². The highest BCUT2D eigenvalue weighted by Crippen LogP contribution is 2.20. The molecule has 0 bridgehead atoms. The van der Waals surface area contributed by atoms with Gasteiger partial charge in [0, 0.05) is 19.3 Å². The predicted molar refractivity (Wildman–Crippen MR) is 430 cm³/mol. The maximum Gasteiger partial charge on any atom is 0.251 e. The van der Waals surface area contributed by atoms with Gasteiger partial charge < -0.3 is 79.3 Å². The number of rotatable bonds is 72. The minimum Gasteiger partial charge on any atom is -0.822 e. The Labute approximate surface area is 640 Å². The van der Waals surface area contributed by atoms with Gasteiger partial charge in [0.2, 0.25) is 17.7 Å². The summed E-state index contributed by atoms with van der Waals surface area (Å²) in [6.45, 7) is 31.4. The van der Waals surface area contributed by atoms with Crippen molar-refractivity contribution in [3.63, 3.8) is 0 Å². The fourth-order valence-corrected chi connectivity index (χ4v) is 13.7. The van der Waals surface area contributed by atoms with Crippen LogP contribution in [0, 0.1) is 0 Å². The lowest BCUT2D eigenvalue weighted by Crippen LogP contribution is -2.54. The Morgan fingerprint density at radius 3 is 0.577 bits per heavy atom. The molecule has 620 valence electrons. The highest BCUT2D eigenvalue weighted by molar-refractivity contribution is 7.40. The molecule has 0 spiro atoms. The second-order valence-corrected chi connectivity index (χ2v) is 32.4. The van der Waals surface area contributed by atoms with Crippen molar-refractivity contribution < 1.29 is 77.7 Å². The summed E-state index contributed by atoms with van der Waals surface area (Å²) < 4.78 is 10.6. The Morgan fingerprint density at radius 1 is 0.298 bits per heavy atom. The van der Waals surface area contributed by atoms with Crippen molar-refractivity contribution in [2.75, 3.05) is 80.0 Å². The zero-order valence-electron chi connectivity index (χ0n) is 69.2. The van der Waals surface area contributed by atoms with Crippen molar-refractivity contribution in [1.29, 1.82) is 0 Å². The summed E-state index contributed by atoms with van der Waals surface area (Å²) in [5.41, 5.74) is 0. The van der Waals surface area contributed by atoms with E-state index in [0.29, 0.717) is 52.3 Å². The Bertz CT molecular complexity index is 1820. The van der Waals surface area contributed by atoms with Gasteiger partial charge in [-0.2, -0.15) is 7.82 Å². The highest BCUT2D eigenvalue weighted by Gasteiger charge is 2.33. The van der Waals surface area contributed by atoms with Crippen molar-refractivity contribution in [2.45, 2.75) is 406 Å². The van der Waals surface area contributed by atoms with Crippen molar-refractivity contribution in [2.24, 2.45) is 0 Å². The van der Waals surface area contributed by atoms with E-state index in [1.54, 1.807) is 0 Å². The minimum atomic E-state index is -5.39. The summed E-state index contributed by atoms with van der Waals surface area (Å²) in [6, 6.07) is 0. The van der Waals surface area contributed by atoms with Crippen molar-refractivity contribution in [3.05, 3.63) is 38.0 Å². The van der Waals surface area contributed by atoms with Crippen LogP contribution in [-0.4, -0.2) is 160 Å². The van der Waals surface area contributed by atoms with Gasteiger partial charge >= 0.3 is 0 Å². The fourth-order valence-electron chi connectivity index (χ4n) is 13.7. The minimum absolute atomic E-state index is 0.113. The molecule has 0 aromatic rings. The molecule has 0 heterocycles. The summed E-state index contributed by atoms with van der Waals surface area (Å²) in [4.78, 5) is 62.0. The molecule has 0 aliphatic carbocycles. The van der Waals surface area contributed by atoms with Crippen LogP contribution in [-0.2, 0) is 18.9 Å². The van der Waals surface area contributed by atoms with Gasteiger partial charge in [-0.1, -0.05) is 331 Å². The Hall–Kier alpha value is -2.62. The van der Waals surface area contributed by atoms with Gasteiger partial charge in [-0.3, -0.25) is 14.4 Å². The van der Waals surface area contributed by atoms with Gasteiger partial charge in [-0.25, -0.2) is 0 Å². The average molecular weight is 1500 g/mol. The molecule has 0 fully saturated rings. The lowest BCUT2D eigenvalue weighted by molar-refractivity contribution is -0.905. The summed E-state index contributed by atoms with van der Waals surface area (Å²) in [5.74, 6) is -7.24. The molecule has 20 heteroatoms. The molecule has 3 atom stereocenters. The van der Waals surface area contributed by atoms with Gasteiger partial charge in [0.05, 0.1) is 99.3 Å². The molecular weight excluding hydrogens is 1330 g/mol. The van der Waals surface area contributed by atoms with Crippen molar-refractivity contribution in [3.8, 4) is 0 Å². The molecular formula is C84H171N6O13P. The van der Waals surface area contributed by atoms with E-state index in [2.05, 4.69) is 98.4 Å². The Kier molecular flexibility index (Phi) is 74.5. The van der Waals surface area contributed by atoms with Gasteiger partial charge in [-0.05, 0) is 56.8 Å². The summed E-state index contributed by atoms with van der Waals surface area (Å²) >= 11 is 0. The zero-order valence-corrected chi connectivity index (χ0v) is 70.1. The van der Waals surface area contributed by atoms with Crippen LogP contribution in [0.15, 0.2) is 38.0 Å². The summed E-state index contributed by atoms with van der Waals surface area (Å²) in [5, 5.41) is 68.4. The summed E-state index contributed by atoms with van der Waals surface area (Å²) in [7, 11) is 0.857. The number of unbranched alkanes of at least 4 members (excludes halogenated alkanes) is 42. The molecule has 3 unspecified atom stereocenters. The van der Waals surface area contributed by atoms with Crippen LogP contribution in [0.5, 0.6) is 0 Å². The van der Waals surface area contributed by atoms with E-state index in [1.807, 2.05) is 18.2 Å². The van der Waals surface area contributed by atoms with E-state index in [0.717, 1.165) is 116 Å². The molecule has 0 aromatic heterocycles. The number of quaternary nitrogens is 3. The molecule has 104 heavy (non-hydrogen) atoms. The third-order valence-corrected chi connectivity index (χ3v) is 20.0. The standard InChI is InChI=1S/3C28H56N2O3.H3O4P/c3*1-5-8-9-10-11-12-13-14-15-16-17-18-19-20-21-22-27(31)29-28(32,33)23-26-30(4,24-6-2)25-7-3;1-5(2,3)4/h3*6,32-33H,2,5,7-26H2,1,3-4H3;(H3,1,2,3,4). The van der Waals surface area contributed by atoms with Gasteiger partial charge in [-0.15, -0.1) is 0 Å². The number of likely N-dealkylation sites (N-methyl/N-ethyl adjacent to an activating group) is 3. The molecule has 3 amide bonds. The van der Waals surface area contributed by atoms with E-state index in [4.69, 9.17) is 19.2 Å². The number of carbonyl (C=O) groups is 3. The monoisotopic (exact) mass is 1500 g/mol. The van der Waals surface area contributed by atoms with Crippen LogP contribution in [0.1, 0.15) is 388 Å². The van der Waals surface area contributed by atoms with Gasteiger partial charge in [0.1, 0.15) is 0 Å². The SMILES string of the molecule is C=CC[N+](C)(CCC)CCC(O)(O)NC(=O)CCCCCCCCCCCCCCCCC.C=CC[N+](C)(CCC)CCC(O)(O)NC(=O)CCCCCCCCCCCCCCCCC.C=CC[N+](C)(CCC)CCC(O)(O)NC(=O)CCCCCCCCCCCCCCCCC.O=P([O-])([O-])[O-]. The molecule has 0 saturated carbocycles.